The Bertz CT molecular complexity index is 319. The fourth-order valence-electron chi connectivity index (χ4n) is 1.18. The fourth-order valence-corrected chi connectivity index (χ4v) is 1.18. The Hall–Kier alpha value is -1.52. The topological polar surface area (TPSA) is 66.8 Å². The van der Waals surface area contributed by atoms with Gasteiger partial charge in [0.05, 0.1) is 0 Å². The van der Waals surface area contributed by atoms with E-state index in [9.17, 15) is 14.7 Å². The van der Waals surface area contributed by atoms with E-state index in [0.29, 0.717) is 0 Å². The molecule has 0 heterocycles. The average Bonchev–Trinajstić information content (AvgIpc) is 2.13. The van der Waals surface area contributed by atoms with E-state index >= 15 is 0 Å². The highest BCUT2D eigenvalue weighted by atomic mass is 16.6. The predicted octanol–water partition coefficient (Wildman–Crippen LogP) is 2.27. The highest BCUT2D eigenvalue weighted by Gasteiger charge is 2.40. The van der Waals surface area contributed by atoms with Crippen LogP contribution in [-0.2, 0) is 9.53 Å². The van der Waals surface area contributed by atoms with Crippen LogP contribution in [0, 0.1) is 0 Å². The van der Waals surface area contributed by atoms with Crippen LogP contribution in [0.2, 0.25) is 0 Å². The lowest BCUT2D eigenvalue weighted by Gasteiger charge is -2.35. The van der Waals surface area contributed by atoms with Gasteiger partial charge >= 0.3 is 12.1 Å². The lowest BCUT2D eigenvalue weighted by atomic mass is 9.96. The smallest absolute Gasteiger partial charge is 0.410 e. The van der Waals surface area contributed by atoms with Crippen LogP contribution >= 0.6 is 0 Å². The van der Waals surface area contributed by atoms with E-state index in [1.807, 2.05) is 0 Å². The number of hydrogen-bond donors (Lipinski definition) is 1. The lowest BCUT2D eigenvalue weighted by molar-refractivity contribution is -0.149. The molecule has 0 aromatic heterocycles. The number of carbonyl (C=O) groups excluding carboxylic acids is 1. The van der Waals surface area contributed by atoms with Crippen LogP contribution < -0.4 is 0 Å². The van der Waals surface area contributed by atoms with Crippen LogP contribution in [0.25, 0.3) is 0 Å². The van der Waals surface area contributed by atoms with Crippen LogP contribution in [-0.4, -0.2) is 40.3 Å². The van der Waals surface area contributed by atoms with Crippen molar-refractivity contribution in [3.63, 3.8) is 0 Å². The SMILES string of the molecule is C=CCC(C)(C(=O)O)N(C)C(=O)OC(C)(C)C. The van der Waals surface area contributed by atoms with Crippen LogP contribution in [0.1, 0.15) is 34.1 Å². The first-order valence-corrected chi connectivity index (χ1v) is 5.35. The Morgan fingerprint density at radius 1 is 1.35 bits per heavy atom. The largest absolute Gasteiger partial charge is 0.479 e. The minimum Gasteiger partial charge on any atom is -0.479 e. The summed E-state index contributed by atoms with van der Waals surface area (Å²) in [5, 5.41) is 9.18. The molecular formula is C12H21NO4. The predicted molar refractivity (Wildman–Crippen MR) is 64.9 cm³/mol. The minimum absolute atomic E-state index is 0.151. The molecule has 0 spiro atoms. The summed E-state index contributed by atoms with van der Waals surface area (Å²) in [5.74, 6) is -1.09. The van der Waals surface area contributed by atoms with Gasteiger partial charge in [-0.25, -0.2) is 9.59 Å². The van der Waals surface area contributed by atoms with Crippen molar-refractivity contribution in [3.8, 4) is 0 Å². The monoisotopic (exact) mass is 243 g/mol. The number of likely N-dealkylation sites (N-methyl/N-ethyl adjacent to an activating group) is 1. The van der Waals surface area contributed by atoms with Crippen molar-refractivity contribution in [3.05, 3.63) is 12.7 Å². The van der Waals surface area contributed by atoms with Crippen LogP contribution in [0.3, 0.4) is 0 Å². The fraction of sp³-hybridized carbons (Fsp3) is 0.667. The first-order valence-electron chi connectivity index (χ1n) is 5.35. The third kappa shape index (κ3) is 4.09. The van der Waals surface area contributed by atoms with E-state index in [0.717, 1.165) is 4.90 Å². The molecule has 0 aliphatic carbocycles. The molecule has 5 heteroatoms. The molecule has 0 aromatic rings. The lowest BCUT2D eigenvalue weighted by Crippen LogP contribution is -2.54. The third-order valence-electron chi connectivity index (χ3n) is 2.41. The van der Waals surface area contributed by atoms with Crippen molar-refractivity contribution in [2.24, 2.45) is 0 Å². The van der Waals surface area contributed by atoms with E-state index in [4.69, 9.17) is 4.74 Å². The minimum atomic E-state index is -1.34. The number of carbonyl (C=O) groups is 2. The van der Waals surface area contributed by atoms with Crippen LogP contribution in [0.4, 0.5) is 4.79 Å². The molecule has 5 nitrogen and oxygen atoms in total. The zero-order valence-corrected chi connectivity index (χ0v) is 11.1. The van der Waals surface area contributed by atoms with E-state index in [1.165, 1.54) is 20.0 Å². The summed E-state index contributed by atoms with van der Waals surface area (Å²) in [5.41, 5.74) is -2.00. The molecule has 0 aromatic carbocycles. The molecule has 0 bridgehead atoms. The summed E-state index contributed by atoms with van der Waals surface area (Å²) < 4.78 is 5.13. The molecule has 17 heavy (non-hydrogen) atoms. The molecule has 0 radical (unpaired) electrons. The molecule has 0 fully saturated rings. The van der Waals surface area contributed by atoms with E-state index in [1.54, 1.807) is 20.8 Å². The molecule has 0 saturated carbocycles. The quantitative estimate of drug-likeness (QED) is 0.769. The Morgan fingerprint density at radius 2 is 1.82 bits per heavy atom. The number of carboxylic acids is 1. The van der Waals surface area contributed by atoms with Gasteiger partial charge in [-0.1, -0.05) is 6.08 Å². The zero-order valence-electron chi connectivity index (χ0n) is 11.1. The Kier molecular flexibility index (Phi) is 4.74. The third-order valence-corrected chi connectivity index (χ3v) is 2.41. The number of carboxylic acid groups (broad SMARTS) is 1. The van der Waals surface area contributed by atoms with Gasteiger partial charge in [0.2, 0.25) is 0 Å². The van der Waals surface area contributed by atoms with Gasteiger partial charge in [0.25, 0.3) is 0 Å². The van der Waals surface area contributed by atoms with E-state index < -0.39 is 23.2 Å². The van der Waals surface area contributed by atoms with Gasteiger partial charge in [0.1, 0.15) is 11.1 Å². The van der Waals surface area contributed by atoms with Crippen molar-refractivity contribution in [2.45, 2.75) is 45.3 Å². The summed E-state index contributed by atoms with van der Waals surface area (Å²) in [6.45, 7) is 10.1. The summed E-state index contributed by atoms with van der Waals surface area (Å²) in [6.07, 6.45) is 0.955. The Labute approximate surface area is 102 Å². The van der Waals surface area contributed by atoms with Gasteiger partial charge in [-0.2, -0.15) is 0 Å². The molecule has 0 saturated heterocycles. The molecule has 98 valence electrons. The van der Waals surface area contributed by atoms with Crippen molar-refractivity contribution >= 4 is 12.1 Å². The number of hydrogen-bond acceptors (Lipinski definition) is 3. The summed E-state index contributed by atoms with van der Waals surface area (Å²) in [7, 11) is 1.41. The van der Waals surface area contributed by atoms with Crippen molar-refractivity contribution in [2.75, 3.05) is 7.05 Å². The summed E-state index contributed by atoms with van der Waals surface area (Å²) in [6, 6.07) is 0. The van der Waals surface area contributed by atoms with Crippen molar-refractivity contribution in [1.82, 2.24) is 4.90 Å². The molecule has 1 atom stereocenters. The average molecular weight is 243 g/mol. The highest BCUT2D eigenvalue weighted by molar-refractivity contribution is 5.84. The zero-order chi connectivity index (χ0) is 13.9. The molecule has 1 N–H and O–H groups in total. The van der Waals surface area contributed by atoms with Gasteiger partial charge in [0, 0.05) is 7.05 Å². The second kappa shape index (κ2) is 5.21. The highest BCUT2D eigenvalue weighted by Crippen LogP contribution is 2.21. The molecule has 0 aliphatic heterocycles. The normalized spacial score (nSPS) is 14.6. The molecule has 0 rings (SSSR count). The number of ether oxygens (including phenoxy) is 1. The first kappa shape index (κ1) is 15.5. The van der Waals surface area contributed by atoms with Gasteiger partial charge in [-0.3, -0.25) is 4.90 Å². The number of amides is 1. The number of rotatable bonds is 4. The second-order valence-corrected chi connectivity index (χ2v) is 5.11. The number of aliphatic carboxylic acids is 1. The van der Waals surface area contributed by atoms with E-state index in [2.05, 4.69) is 6.58 Å². The van der Waals surface area contributed by atoms with Crippen molar-refractivity contribution < 1.29 is 19.4 Å². The van der Waals surface area contributed by atoms with Gasteiger partial charge < -0.3 is 9.84 Å². The van der Waals surface area contributed by atoms with Crippen molar-refractivity contribution in [1.29, 1.82) is 0 Å². The maximum atomic E-state index is 11.8. The maximum absolute atomic E-state index is 11.8. The van der Waals surface area contributed by atoms with Crippen LogP contribution in [0.5, 0.6) is 0 Å². The first-order chi connectivity index (χ1) is 7.54. The maximum Gasteiger partial charge on any atom is 0.410 e. The van der Waals surface area contributed by atoms with Crippen LogP contribution in [0.15, 0.2) is 12.7 Å². The van der Waals surface area contributed by atoms with Gasteiger partial charge in [-0.15, -0.1) is 6.58 Å². The summed E-state index contributed by atoms with van der Waals surface area (Å²) >= 11 is 0. The Morgan fingerprint density at radius 3 is 2.12 bits per heavy atom. The molecule has 1 amide bonds. The van der Waals surface area contributed by atoms with Gasteiger partial charge in [-0.05, 0) is 34.1 Å². The molecule has 1 unspecified atom stereocenters. The summed E-state index contributed by atoms with van der Waals surface area (Å²) in [4.78, 5) is 24.1. The standard InChI is InChI=1S/C12H21NO4/c1-7-8-12(5,9(14)15)13(6)10(16)17-11(2,3)4/h7H,1,8H2,2-6H3,(H,14,15). The van der Waals surface area contributed by atoms with E-state index in [-0.39, 0.29) is 6.42 Å². The molecular weight excluding hydrogens is 222 g/mol. The molecule has 0 aliphatic rings. The second-order valence-electron chi connectivity index (χ2n) is 5.11. The Balaban J connectivity index is 4.97. The number of nitrogens with zero attached hydrogens (tertiary/aromatic N) is 1. The van der Waals surface area contributed by atoms with Gasteiger partial charge in [0.15, 0.2) is 0 Å².